The van der Waals surface area contributed by atoms with Gasteiger partial charge in [-0.1, -0.05) is 11.6 Å². The summed E-state index contributed by atoms with van der Waals surface area (Å²) in [6.07, 6.45) is 4.03. The van der Waals surface area contributed by atoms with Crippen LogP contribution < -0.4 is 10.6 Å². The summed E-state index contributed by atoms with van der Waals surface area (Å²) >= 11 is 6.02. The number of halogens is 1. The van der Waals surface area contributed by atoms with Crippen molar-refractivity contribution in [2.75, 3.05) is 18.4 Å². The number of pyridine rings is 1. The second-order valence-corrected chi connectivity index (χ2v) is 4.97. The van der Waals surface area contributed by atoms with Gasteiger partial charge in [-0.2, -0.15) is 5.10 Å². The minimum Gasteiger partial charge on any atom is -0.370 e. The molecule has 7 heteroatoms. The van der Waals surface area contributed by atoms with Gasteiger partial charge in [0.15, 0.2) is 0 Å². The third-order valence-electron chi connectivity index (χ3n) is 2.89. The first-order valence-corrected chi connectivity index (χ1v) is 7.14. The van der Waals surface area contributed by atoms with Crippen molar-refractivity contribution in [2.24, 2.45) is 7.05 Å². The van der Waals surface area contributed by atoms with Crippen LogP contribution in [0.1, 0.15) is 23.0 Å². The van der Waals surface area contributed by atoms with E-state index in [0.717, 1.165) is 12.2 Å². The van der Waals surface area contributed by atoms with Crippen LogP contribution in [0.2, 0.25) is 5.02 Å². The van der Waals surface area contributed by atoms with E-state index >= 15 is 0 Å². The predicted octanol–water partition coefficient (Wildman–Crippen LogP) is 1.87. The largest absolute Gasteiger partial charge is 0.370 e. The summed E-state index contributed by atoms with van der Waals surface area (Å²) in [7, 11) is 1.86. The molecule has 0 aliphatic heterocycles. The van der Waals surface area contributed by atoms with E-state index < -0.39 is 0 Å². The van der Waals surface area contributed by atoms with Crippen LogP contribution in [0.4, 0.5) is 5.82 Å². The average molecular weight is 308 g/mol. The number of aromatic nitrogens is 3. The molecule has 0 radical (unpaired) electrons. The molecule has 0 aliphatic rings. The Morgan fingerprint density at radius 2 is 2.29 bits per heavy atom. The Bertz CT molecular complexity index is 626. The number of carbonyl (C=O) groups excluding carboxylic acids is 1. The Balaban J connectivity index is 1.94. The highest BCUT2D eigenvalue weighted by Gasteiger charge is 2.11. The molecule has 0 aliphatic carbocycles. The van der Waals surface area contributed by atoms with E-state index in [2.05, 4.69) is 20.7 Å². The van der Waals surface area contributed by atoms with Gasteiger partial charge in [-0.3, -0.25) is 9.48 Å². The van der Waals surface area contributed by atoms with Gasteiger partial charge in [-0.25, -0.2) is 4.98 Å². The lowest BCUT2D eigenvalue weighted by Crippen LogP contribution is -2.26. The highest BCUT2D eigenvalue weighted by molar-refractivity contribution is 6.33. The molecular weight excluding hydrogens is 290 g/mol. The normalized spacial score (nSPS) is 10.4. The van der Waals surface area contributed by atoms with Crippen molar-refractivity contribution in [1.82, 2.24) is 20.1 Å². The fourth-order valence-electron chi connectivity index (χ4n) is 1.89. The topological polar surface area (TPSA) is 71.8 Å². The molecule has 112 valence electrons. The first-order chi connectivity index (χ1) is 10.1. The minimum atomic E-state index is -0.211. The van der Waals surface area contributed by atoms with Gasteiger partial charge in [0.2, 0.25) is 0 Å². The Morgan fingerprint density at radius 3 is 2.95 bits per heavy atom. The van der Waals surface area contributed by atoms with Crippen LogP contribution >= 0.6 is 11.6 Å². The van der Waals surface area contributed by atoms with Crippen molar-refractivity contribution in [3.8, 4) is 0 Å². The van der Waals surface area contributed by atoms with E-state index in [1.807, 2.05) is 26.2 Å². The molecule has 0 fully saturated rings. The number of carbonyl (C=O) groups is 1. The maximum Gasteiger partial charge on any atom is 0.253 e. The van der Waals surface area contributed by atoms with Crippen molar-refractivity contribution >= 4 is 23.3 Å². The maximum atomic E-state index is 12.1. The van der Waals surface area contributed by atoms with Crippen molar-refractivity contribution in [1.29, 1.82) is 0 Å². The number of anilines is 1. The summed E-state index contributed by atoms with van der Waals surface area (Å²) in [5.74, 6) is 0.425. The van der Waals surface area contributed by atoms with Gasteiger partial charge in [-0.15, -0.1) is 0 Å². The van der Waals surface area contributed by atoms with Gasteiger partial charge in [0.05, 0.1) is 16.3 Å². The standard InChI is InChI=1S/C14H18ClN5O/c1-3-16-13-8-11(12(15)9-18-13)14(21)17-6-4-10-5-7-20(2)19-10/h5,7-9H,3-4,6H2,1-2H3,(H,16,18)(H,17,21). The molecule has 2 N–H and O–H groups in total. The summed E-state index contributed by atoms with van der Waals surface area (Å²) in [5.41, 5.74) is 1.36. The van der Waals surface area contributed by atoms with Gasteiger partial charge in [0, 0.05) is 39.0 Å². The van der Waals surface area contributed by atoms with Gasteiger partial charge in [0.1, 0.15) is 5.82 Å². The minimum absolute atomic E-state index is 0.211. The van der Waals surface area contributed by atoms with Crippen molar-refractivity contribution in [3.63, 3.8) is 0 Å². The van der Waals surface area contributed by atoms with Gasteiger partial charge in [-0.05, 0) is 19.1 Å². The van der Waals surface area contributed by atoms with Crippen LogP contribution in [0.3, 0.4) is 0 Å². The number of nitrogens with one attached hydrogen (secondary N) is 2. The van der Waals surface area contributed by atoms with E-state index in [-0.39, 0.29) is 5.91 Å². The van der Waals surface area contributed by atoms with E-state index in [0.29, 0.717) is 29.4 Å². The first-order valence-electron chi connectivity index (χ1n) is 6.76. The second kappa shape index (κ2) is 7.08. The van der Waals surface area contributed by atoms with E-state index in [4.69, 9.17) is 11.6 Å². The smallest absolute Gasteiger partial charge is 0.253 e. The lowest BCUT2D eigenvalue weighted by atomic mass is 10.2. The molecular formula is C14H18ClN5O. The van der Waals surface area contributed by atoms with Crippen LogP contribution in [0, 0.1) is 0 Å². The summed E-state index contributed by atoms with van der Waals surface area (Å²) in [4.78, 5) is 16.2. The lowest BCUT2D eigenvalue weighted by Gasteiger charge is -2.08. The molecule has 0 spiro atoms. The molecule has 0 atom stereocenters. The van der Waals surface area contributed by atoms with E-state index in [9.17, 15) is 4.79 Å². The van der Waals surface area contributed by atoms with Crippen LogP contribution in [-0.4, -0.2) is 33.8 Å². The Morgan fingerprint density at radius 1 is 1.48 bits per heavy atom. The molecule has 2 aromatic rings. The quantitative estimate of drug-likeness (QED) is 0.854. The maximum absolute atomic E-state index is 12.1. The average Bonchev–Trinajstić information content (AvgIpc) is 2.87. The zero-order valence-electron chi connectivity index (χ0n) is 12.1. The van der Waals surface area contributed by atoms with E-state index in [1.165, 1.54) is 6.20 Å². The molecule has 6 nitrogen and oxygen atoms in total. The molecule has 2 heterocycles. The molecule has 2 aromatic heterocycles. The predicted molar refractivity (Wildman–Crippen MR) is 82.7 cm³/mol. The highest BCUT2D eigenvalue weighted by atomic mass is 35.5. The van der Waals surface area contributed by atoms with E-state index in [1.54, 1.807) is 10.7 Å². The van der Waals surface area contributed by atoms with Crippen LogP contribution in [-0.2, 0) is 13.5 Å². The molecule has 0 aromatic carbocycles. The summed E-state index contributed by atoms with van der Waals surface area (Å²) < 4.78 is 1.74. The van der Waals surface area contributed by atoms with Gasteiger partial charge in [0.25, 0.3) is 5.91 Å². The summed E-state index contributed by atoms with van der Waals surface area (Å²) in [6, 6.07) is 3.58. The molecule has 0 saturated carbocycles. The molecule has 0 bridgehead atoms. The first kappa shape index (κ1) is 15.3. The molecule has 2 rings (SSSR count). The summed E-state index contributed by atoms with van der Waals surface area (Å²) in [5, 5.41) is 10.5. The third kappa shape index (κ3) is 4.19. The van der Waals surface area contributed by atoms with Crippen LogP contribution in [0.5, 0.6) is 0 Å². The Labute approximate surface area is 128 Å². The fraction of sp³-hybridized carbons (Fsp3) is 0.357. The molecule has 21 heavy (non-hydrogen) atoms. The zero-order chi connectivity index (χ0) is 15.2. The Kier molecular flexibility index (Phi) is 5.16. The molecule has 0 saturated heterocycles. The number of hydrogen-bond acceptors (Lipinski definition) is 4. The van der Waals surface area contributed by atoms with Gasteiger partial charge >= 0.3 is 0 Å². The lowest BCUT2D eigenvalue weighted by molar-refractivity contribution is 0.0954. The van der Waals surface area contributed by atoms with Crippen molar-refractivity contribution in [2.45, 2.75) is 13.3 Å². The highest BCUT2D eigenvalue weighted by Crippen LogP contribution is 2.17. The SMILES string of the molecule is CCNc1cc(C(=O)NCCc2ccn(C)n2)c(Cl)cn1. The third-order valence-corrected chi connectivity index (χ3v) is 3.19. The zero-order valence-corrected chi connectivity index (χ0v) is 12.8. The summed E-state index contributed by atoms with van der Waals surface area (Å²) in [6.45, 7) is 3.20. The van der Waals surface area contributed by atoms with Crippen molar-refractivity contribution in [3.05, 3.63) is 40.8 Å². The van der Waals surface area contributed by atoms with Crippen LogP contribution in [0.25, 0.3) is 0 Å². The van der Waals surface area contributed by atoms with Crippen LogP contribution in [0.15, 0.2) is 24.5 Å². The number of hydrogen-bond donors (Lipinski definition) is 2. The monoisotopic (exact) mass is 307 g/mol. The fourth-order valence-corrected chi connectivity index (χ4v) is 2.08. The molecule has 0 unspecified atom stereocenters. The van der Waals surface area contributed by atoms with Crippen molar-refractivity contribution < 1.29 is 4.79 Å². The number of rotatable bonds is 6. The number of nitrogens with zero attached hydrogens (tertiary/aromatic N) is 3. The number of amides is 1. The number of aryl methyl sites for hydroxylation is 1. The molecule has 1 amide bonds. The second-order valence-electron chi connectivity index (χ2n) is 4.57. The van der Waals surface area contributed by atoms with Gasteiger partial charge < -0.3 is 10.6 Å². The Hall–Kier alpha value is -2.08.